The van der Waals surface area contributed by atoms with Crippen molar-refractivity contribution in [1.29, 1.82) is 0 Å². The van der Waals surface area contributed by atoms with Crippen LogP contribution in [0, 0.1) is 13.1 Å². The van der Waals surface area contributed by atoms with Crippen molar-refractivity contribution in [3.8, 4) is 5.75 Å². The van der Waals surface area contributed by atoms with Crippen LogP contribution in [0.2, 0.25) is 0 Å². The monoisotopic (exact) mass is 454 g/mol. The number of rotatable bonds is 0. The molecule has 1 saturated carbocycles. The molecule has 1 aliphatic carbocycles. The molecule has 2 aliphatic rings. The summed E-state index contributed by atoms with van der Waals surface area (Å²) in [5.41, 5.74) is 0.814. The van der Waals surface area contributed by atoms with E-state index in [0.29, 0.717) is 5.78 Å². The highest BCUT2D eigenvalue weighted by Crippen LogP contribution is 2.40. The average molecular weight is 454 g/mol. The highest BCUT2D eigenvalue weighted by atomic mass is 127. The van der Waals surface area contributed by atoms with Crippen molar-refractivity contribution >= 4 is 51.0 Å². The summed E-state index contributed by atoms with van der Waals surface area (Å²) in [5.74, 6) is 1.20. The molecule has 1 aromatic carbocycles. The highest BCUT2D eigenvalue weighted by Gasteiger charge is 2.39. The van der Waals surface area contributed by atoms with Crippen LogP contribution >= 0.6 is 45.2 Å². The van der Waals surface area contributed by atoms with Gasteiger partial charge in [0, 0.05) is 7.14 Å². The molecule has 0 N–H and O–H groups in total. The van der Waals surface area contributed by atoms with Gasteiger partial charge < -0.3 is 4.74 Å². The second kappa shape index (κ2) is 4.68. The van der Waals surface area contributed by atoms with Gasteiger partial charge in [-0.2, -0.15) is 0 Å². The number of hydrogen-bond donors (Lipinski definition) is 0. The van der Waals surface area contributed by atoms with E-state index in [2.05, 4.69) is 45.2 Å². The lowest BCUT2D eigenvalue weighted by molar-refractivity contribution is 0.0522. The van der Waals surface area contributed by atoms with Crippen molar-refractivity contribution in [3.63, 3.8) is 0 Å². The maximum absolute atomic E-state index is 12.5. The molecule has 3 rings (SSSR count). The van der Waals surface area contributed by atoms with Gasteiger partial charge in [-0.25, -0.2) is 0 Å². The molecular formula is C13H12I2O2. The molecule has 0 amide bonds. The summed E-state index contributed by atoms with van der Waals surface area (Å²) in [7, 11) is 0. The van der Waals surface area contributed by atoms with Gasteiger partial charge in [0.1, 0.15) is 11.9 Å². The lowest BCUT2D eigenvalue weighted by Gasteiger charge is -2.36. The molecule has 90 valence electrons. The molecule has 1 heterocycles. The topological polar surface area (TPSA) is 26.3 Å². The predicted molar refractivity (Wildman–Crippen MR) is 82.6 cm³/mol. The normalized spacial score (nSPS) is 27.1. The third kappa shape index (κ3) is 2.11. The zero-order valence-electron chi connectivity index (χ0n) is 9.21. The Labute approximate surface area is 128 Å². The highest BCUT2D eigenvalue weighted by molar-refractivity contribution is 14.1. The standard InChI is InChI=1S/C13H12I2O2/c14-7-5-9(15)12-11(6-7)17-10-4-2-1-3-8(10)13(12)16/h5-6,8,10H,1-4H2. The number of fused-ring (bicyclic) bond motifs is 2. The first kappa shape index (κ1) is 12.2. The predicted octanol–water partition coefficient (Wildman–Crippen LogP) is 4.03. The summed E-state index contributed by atoms with van der Waals surface area (Å²) in [6.45, 7) is 0. The number of ether oxygens (including phenoxy) is 1. The maximum Gasteiger partial charge on any atom is 0.174 e. The Kier molecular flexibility index (Phi) is 3.36. The zero-order chi connectivity index (χ0) is 12.0. The Bertz CT molecular complexity index is 485. The molecule has 2 atom stereocenters. The Morgan fingerprint density at radius 2 is 1.94 bits per heavy atom. The van der Waals surface area contributed by atoms with E-state index in [1.165, 1.54) is 6.42 Å². The average Bonchev–Trinajstić information content (AvgIpc) is 2.28. The molecule has 1 aliphatic heterocycles. The molecule has 0 bridgehead atoms. The third-order valence-electron chi connectivity index (χ3n) is 3.58. The number of carbonyl (C=O) groups is 1. The van der Waals surface area contributed by atoms with Crippen molar-refractivity contribution in [2.24, 2.45) is 5.92 Å². The van der Waals surface area contributed by atoms with E-state index in [9.17, 15) is 4.79 Å². The van der Waals surface area contributed by atoms with Crippen LogP contribution < -0.4 is 4.74 Å². The van der Waals surface area contributed by atoms with E-state index in [1.54, 1.807) is 0 Å². The van der Waals surface area contributed by atoms with Gasteiger partial charge in [0.15, 0.2) is 5.78 Å². The van der Waals surface area contributed by atoms with Crippen LogP contribution in [-0.2, 0) is 0 Å². The first-order valence-corrected chi connectivity index (χ1v) is 8.02. The van der Waals surface area contributed by atoms with E-state index in [4.69, 9.17) is 4.74 Å². The number of ketones is 1. The first-order valence-electron chi connectivity index (χ1n) is 5.87. The van der Waals surface area contributed by atoms with Crippen LogP contribution in [0.4, 0.5) is 0 Å². The summed E-state index contributed by atoms with van der Waals surface area (Å²) in [5, 5.41) is 0. The van der Waals surface area contributed by atoms with E-state index >= 15 is 0 Å². The zero-order valence-corrected chi connectivity index (χ0v) is 13.5. The second-order valence-electron chi connectivity index (χ2n) is 4.67. The molecule has 4 heteroatoms. The minimum absolute atomic E-state index is 0.102. The van der Waals surface area contributed by atoms with Gasteiger partial charge in [-0.05, 0) is 76.6 Å². The van der Waals surface area contributed by atoms with Gasteiger partial charge in [0.2, 0.25) is 0 Å². The Balaban J connectivity index is 2.09. The minimum Gasteiger partial charge on any atom is -0.489 e. The third-order valence-corrected chi connectivity index (χ3v) is 5.06. The van der Waals surface area contributed by atoms with Crippen molar-refractivity contribution in [2.75, 3.05) is 0 Å². The van der Waals surface area contributed by atoms with Crippen LogP contribution in [0.5, 0.6) is 5.75 Å². The Morgan fingerprint density at radius 1 is 1.18 bits per heavy atom. The van der Waals surface area contributed by atoms with Crippen LogP contribution in [-0.4, -0.2) is 11.9 Å². The van der Waals surface area contributed by atoms with Gasteiger partial charge in [0.25, 0.3) is 0 Å². The number of carbonyl (C=O) groups excluding carboxylic acids is 1. The molecule has 2 nitrogen and oxygen atoms in total. The maximum atomic E-state index is 12.5. The van der Waals surface area contributed by atoms with E-state index in [1.807, 2.05) is 12.1 Å². The summed E-state index contributed by atoms with van der Waals surface area (Å²) >= 11 is 4.51. The second-order valence-corrected chi connectivity index (χ2v) is 7.08. The quantitative estimate of drug-likeness (QED) is 0.554. The van der Waals surface area contributed by atoms with Crippen LogP contribution in [0.1, 0.15) is 36.0 Å². The van der Waals surface area contributed by atoms with Crippen molar-refractivity contribution in [2.45, 2.75) is 31.8 Å². The fourth-order valence-corrected chi connectivity index (χ4v) is 4.83. The minimum atomic E-state index is 0.102. The van der Waals surface area contributed by atoms with Crippen molar-refractivity contribution in [3.05, 3.63) is 24.8 Å². The Hall–Kier alpha value is 0.150. The van der Waals surface area contributed by atoms with Crippen LogP contribution in [0.25, 0.3) is 0 Å². The fourth-order valence-electron chi connectivity index (χ4n) is 2.77. The lowest BCUT2D eigenvalue weighted by atomic mass is 9.79. The molecule has 17 heavy (non-hydrogen) atoms. The SMILES string of the molecule is O=C1c2c(I)cc(I)cc2OC2CCCCC12. The molecule has 2 unspecified atom stereocenters. The van der Waals surface area contributed by atoms with E-state index < -0.39 is 0 Å². The fraction of sp³-hybridized carbons (Fsp3) is 0.462. The summed E-state index contributed by atoms with van der Waals surface area (Å²) in [4.78, 5) is 12.5. The molecule has 1 aromatic rings. The summed E-state index contributed by atoms with van der Waals surface area (Å²) in [6.07, 6.45) is 4.48. The van der Waals surface area contributed by atoms with Crippen LogP contribution in [0.3, 0.4) is 0 Å². The van der Waals surface area contributed by atoms with Gasteiger partial charge in [0.05, 0.1) is 11.5 Å². The van der Waals surface area contributed by atoms with Gasteiger partial charge in [-0.3, -0.25) is 4.79 Å². The van der Waals surface area contributed by atoms with E-state index in [0.717, 1.165) is 37.7 Å². The number of benzene rings is 1. The van der Waals surface area contributed by atoms with Gasteiger partial charge >= 0.3 is 0 Å². The first-order chi connectivity index (χ1) is 8.16. The molecular weight excluding hydrogens is 442 g/mol. The van der Waals surface area contributed by atoms with Crippen LogP contribution in [0.15, 0.2) is 12.1 Å². The number of halogens is 2. The molecule has 0 saturated heterocycles. The molecule has 0 radical (unpaired) electrons. The molecule has 1 fully saturated rings. The summed E-state index contributed by atoms with van der Waals surface area (Å²) in [6, 6.07) is 4.03. The molecule has 0 spiro atoms. The Morgan fingerprint density at radius 3 is 2.76 bits per heavy atom. The number of hydrogen-bond acceptors (Lipinski definition) is 2. The van der Waals surface area contributed by atoms with Gasteiger partial charge in [-0.15, -0.1) is 0 Å². The smallest absolute Gasteiger partial charge is 0.174 e. The van der Waals surface area contributed by atoms with Crippen molar-refractivity contribution in [1.82, 2.24) is 0 Å². The lowest BCUT2D eigenvalue weighted by Crippen LogP contribution is -2.40. The largest absolute Gasteiger partial charge is 0.489 e. The van der Waals surface area contributed by atoms with Crippen molar-refractivity contribution < 1.29 is 9.53 Å². The summed E-state index contributed by atoms with van der Waals surface area (Å²) < 4.78 is 8.20. The molecule has 0 aromatic heterocycles. The van der Waals surface area contributed by atoms with Gasteiger partial charge in [-0.1, -0.05) is 6.42 Å². The number of Topliss-reactive ketones (excluding diaryl/α,β-unsaturated/α-hetero) is 1. The van der Waals surface area contributed by atoms with E-state index in [-0.39, 0.29) is 12.0 Å².